The number of aryl methyl sites for hydroxylation is 1. The molecule has 5 heteroatoms. The summed E-state index contributed by atoms with van der Waals surface area (Å²) in [6.07, 6.45) is 4.87. The summed E-state index contributed by atoms with van der Waals surface area (Å²) in [7, 11) is 0. The second-order valence-electron chi connectivity index (χ2n) is 6.57. The number of nitrogens with one attached hydrogen (secondary N) is 1. The predicted molar refractivity (Wildman–Crippen MR) is 102 cm³/mol. The van der Waals surface area contributed by atoms with Crippen LogP contribution in [0.25, 0.3) is 11.3 Å². The van der Waals surface area contributed by atoms with E-state index in [1.165, 1.54) is 22.4 Å². The summed E-state index contributed by atoms with van der Waals surface area (Å²) in [6.45, 7) is 4.91. The molecule has 0 atom stereocenters. The first-order valence-electron chi connectivity index (χ1n) is 8.49. The lowest BCUT2D eigenvalue weighted by Gasteiger charge is -2.28. The number of aromatic amines is 1. The minimum absolute atomic E-state index is 0.572. The summed E-state index contributed by atoms with van der Waals surface area (Å²) in [6, 6.07) is 12.8. The molecular formula is C20H20N4S. The third-order valence-corrected chi connectivity index (χ3v) is 4.84. The van der Waals surface area contributed by atoms with Gasteiger partial charge in [-0.25, -0.2) is 4.98 Å². The SMILES string of the molecule is Cc1ccc(-c2ccc(CN3CCc4[nH]c(=S)ncc4C3)cn2)cc1. The van der Waals surface area contributed by atoms with Gasteiger partial charge in [0.2, 0.25) is 0 Å². The van der Waals surface area contributed by atoms with E-state index in [1.54, 1.807) is 0 Å². The standard InChI is InChI=1S/C20H20N4S/c1-14-2-5-16(6-3-14)18-7-4-15(10-21-18)12-24-9-8-19-17(13-24)11-22-20(25)23-19/h2-7,10-11H,8-9,12-13H2,1H3,(H,22,23,25). The number of pyridine rings is 1. The zero-order valence-corrected chi connectivity index (χ0v) is 15.0. The number of nitrogens with zero attached hydrogens (tertiary/aromatic N) is 3. The third kappa shape index (κ3) is 3.67. The van der Waals surface area contributed by atoms with E-state index >= 15 is 0 Å². The van der Waals surface area contributed by atoms with E-state index in [0.29, 0.717) is 4.77 Å². The highest BCUT2D eigenvalue weighted by molar-refractivity contribution is 7.71. The average molecular weight is 348 g/mol. The van der Waals surface area contributed by atoms with Crippen molar-refractivity contribution in [3.05, 3.63) is 75.9 Å². The molecule has 1 aliphatic rings. The average Bonchev–Trinajstić information content (AvgIpc) is 2.63. The molecule has 0 saturated heterocycles. The molecule has 3 heterocycles. The predicted octanol–water partition coefficient (Wildman–Crippen LogP) is 4.07. The third-order valence-electron chi connectivity index (χ3n) is 4.63. The van der Waals surface area contributed by atoms with Crippen LogP contribution in [0.5, 0.6) is 0 Å². The Morgan fingerprint density at radius 2 is 1.92 bits per heavy atom. The van der Waals surface area contributed by atoms with Crippen molar-refractivity contribution < 1.29 is 0 Å². The van der Waals surface area contributed by atoms with Crippen molar-refractivity contribution in [2.75, 3.05) is 6.54 Å². The molecule has 0 fully saturated rings. The van der Waals surface area contributed by atoms with Gasteiger partial charge in [-0.05, 0) is 30.8 Å². The fourth-order valence-electron chi connectivity index (χ4n) is 3.21. The molecule has 0 spiro atoms. The van der Waals surface area contributed by atoms with E-state index in [-0.39, 0.29) is 0 Å². The molecule has 1 aromatic carbocycles. The van der Waals surface area contributed by atoms with Crippen molar-refractivity contribution in [2.24, 2.45) is 0 Å². The summed E-state index contributed by atoms with van der Waals surface area (Å²) in [4.78, 5) is 14.5. The van der Waals surface area contributed by atoms with Gasteiger partial charge in [0.15, 0.2) is 4.77 Å². The van der Waals surface area contributed by atoms with Crippen LogP contribution in [0.15, 0.2) is 48.8 Å². The van der Waals surface area contributed by atoms with Crippen LogP contribution in [-0.2, 0) is 19.5 Å². The summed E-state index contributed by atoms with van der Waals surface area (Å²) >= 11 is 5.10. The Kier molecular flexibility index (Phi) is 4.42. The number of aromatic nitrogens is 3. The van der Waals surface area contributed by atoms with Crippen molar-refractivity contribution in [2.45, 2.75) is 26.4 Å². The van der Waals surface area contributed by atoms with Crippen LogP contribution in [0.2, 0.25) is 0 Å². The summed E-state index contributed by atoms with van der Waals surface area (Å²) in [5.74, 6) is 0. The molecule has 0 amide bonds. The molecule has 0 unspecified atom stereocenters. The van der Waals surface area contributed by atoms with Crippen LogP contribution < -0.4 is 0 Å². The van der Waals surface area contributed by atoms with Crippen molar-refractivity contribution in [1.29, 1.82) is 0 Å². The van der Waals surface area contributed by atoms with Crippen molar-refractivity contribution in [1.82, 2.24) is 19.9 Å². The number of hydrogen-bond donors (Lipinski definition) is 1. The van der Waals surface area contributed by atoms with Crippen LogP contribution in [0.4, 0.5) is 0 Å². The first-order chi connectivity index (χ1) is 12.2. The van der Waals surface area contributed by atoms with Gasteiger partial charge in [0.05, 0.1) is 5.69 Å². The summed E-state index contributed by atoms with van der Waals surface area (Å²) in [5.41, 5.74) is 7.14. The maximum atomic E-state index is 5.10. The van der Waals surface area contributed by atoms with Gasteiger partial charge in [-0.15, -0.1) is 0 Å². The minimum Gasteiger partial charge on any atom is -0.334 e. The van der Waals surface area contributed by atoms with Gasteiger partial charge in [-0.3, -0.25) is 9.88 Å². The molecule has 0 saturated carbocycles. The van der Waals surface area contributed by atoms with Gasteiger partial charge < -0.3 is 4.98 Å². The van der Waals surface area contributed by atoms with E-state index in [4.69, 9.17) is 12.2 Å². The van der Waals surface area contributed by atoms with Gasteiger partial charge in [0.25, 0.3) is 0 Å². The second-order valence-corrected chi connectivity index (χ2v) is 6.96. The number of rotatable bonds is 3. The topological polar surface area (TPSA) is 44.8 Å². The number of hydrogen-bond acceptors (Lipinski definition) is 4. The fourth-order valence-corrected chi connectivity index (χ4v) is 3.39. The lowest BCUT2D eigenvalue weighted by Crippen LogP contribution is -2.30. The van der Waals surface area contributed by atoms with Crippen LogP contribution in [0, 0.1) is 11.7 Å². The van der Waals surface area contributed by atoms with E-state index in [9.17, 15) is 0 Å². The van der Waals surface area contributed by atoms with Crippen LogP contribution in [-0.4, -0.2) is 26.4 Å². The van der Waals surface area contributed by atoms with Gasteiger partial charge in [0, 0.05) is 55.3 Å². The Hall–Kier alpha value is -2.37. The van der Waals surface area contributed by atoms with Crippen LogP contribution in [0.1, 0.15) is 22.4 Å². The zero-order valence-electron chi connectivity index (χ0n) is 14.2. The Bertz CT molecular complexity index is 929. The van der Waals surface area contributed by atoms with Crippen molar-refractivity contribution in [3.8, 4) is 11.3 Å². The Balaban J connectivity index is 1.46. The normalized spacial score (nSPS) is 14.3. The lowest BCUT2D eigenvalue weighted by molar-refractivity contribution is 0.242. The maximum Gasteiger partial charge on any atom is 0.196 e. The Morgan fingerprint density at radius 3 is 2.68 bits per heavy atom. The van der Waals surface area contributed by atoms with Crippen molar-refractivity contribution >= 4 is 12.2 Å². The maximum absolute atomic E-state index is 5.10. The molecule has 0 radical (unpaired) electrons. The lowest BCUT2D eigenvalue weighted by atomic mass is 10.1. The quantitative estimate of drug-likeness (QED) is 0.725. The smallest absolute Gasteiger partial charge is 0.196 e. The van der Waals surface area contributed by atoms with E-state index in [1.807, 2.05) is 12.4 Å². The molecule has 0 bridgehead atoms. The van der Waals surface area contributed by atoms with Crippen molar-refractivity contribution in [3.63, 3.8) is 0 Å². The molecular weight excluding hydrogens is 328 g/mol. The minimum atomic E-state index is 0.572. The van der Waals surface area contributed by atoms with Crippen LogP contribution in [0.3, 0.4) is 0 Å². The fraction of sp³-hybridized carbons (Fsp3) is 0.250. The van der Waals surface area contributed by atoms with Gasteiger partial charge in [-0.2, -0.15) is 0 Å². The number of fused-ring (bicyclic) bond motifs is 1. The van der Waals surface area contributed by atoms with Crippen LogP contribution >= 0.6 is 12.2 Å². The Labute approximate surface area is 152 Å². The van der Waals surface area contributed by atoms with E-state index in [2.05, 4.69) is 63.2 Å². The van der Waals surface area contributed by atoms with Gasteiger partial charge >= 0.3 is 0 Å². The number of H-pyrrole nitrogens is 1. The number of benzene rings is 1. The highest BCUT2D eigenvalue weighted by Crippen LogP contribution is 2.20. The highest BCUT2D eigenvalue weighted by Gasteiger charge is 2.17. The molecule has 1 N–H and O–H groups in total. The molecule has 2 aromatic heterocycles. The summed E-state index contributed by atoms with van der Waals surface area (Å²) in [5, 5.41) is 0. The molecule has 1 aliphatic heterocycles. The largest absolute Gasteiger partial charge is 0.334 e. The monoisotopic (exact) mass is 348 g/mol. The molecule has 4 nitrogen and oxygen atoms in total. The van der Waals surface area contributed by atoms with E-state index < -0.39 is 0 Å². The van der Waals surface area contributed by atoms with Gasteiger partial charge in [0.1, 0.15) is 0 Å². The highest BCUT2D eigenvalue weighted by atomic mass is 32.1. The summed E-state index contributed by atoms with van der Waals surface area (Å²) < 4.78 is 0.572. The first kappa shape index (κ1) is 16.1. The molecule has 3 aromatic rings. The molecule has 4 rings (SSSR count). The second kappa shape index (κ2) is 6.86. The zero-order chi connectivity index (χ0) is 17.2. The molecule has 0 aliphatic carbocycles. The molecule has 126 valence electrons. The molecule has 25 heavy (non-hydrogen) atoms. The van der Waals surface area contributed by atoms with Gasteiger partial charge in [-0.1, -0.05) is 35.9 Å². The first-order valence-corrected chi connectivity index (χ1v) is 8.89. The Morgan fingerprint density at radius 1 is 1.08 bits per heavy atom. The van der Waals surface area contributed by atoms with E-state index in [0.717, 1.165) is 37.3 Å².